The first-order valence-electron chi connectivity index (χ1n) is 7.74. The molecule has 0 bridgehead atoms. The van der Waals surface area contributed by atoms with Crippen LogP contribution in [0.3, 0.4) is 0 Å². The van der Waals surface area contributed by atoms with E-state index in [0.717, 1.165) is 23.9 Å². The van der Waals surface area contributed by atoms with Crippen LogP contribution in [0.1, 0.15) is 40.0 Å². The summed E-state index contributed by atoms with van der Waals surface area (Å²) in [7, 11) is 0. The lowest BCUT2D eigenvalue weighted by atomic mass is 9.97. The highest BCUT2D eigenvalue weighted by Gasteiger charge is 2.29. The van der Waals surface area contributed by atoms with E-state index >= 15 is 0 Å². The van der Waals surface area contributed by atoms with E-state index in [1.54, 1.807) is 0 Å². The lowest BCUT2D eigenvalue weighted by Crippen LogP contribution is -2.57. The third-order valence-electron chi connectivity index (χ3n) is 4.36. The van der Waals surface area contributed by atoms with Gasteiger partial charge in [0, 0.05) is 31.7 Å². The van der Waals surface area contributed by atoms with Gasteiger partial charge in [0.05, 0.1) is 0 Å². The van der Waals surface area contributed by atoms with Crippen LogP contribution >= 0.6 is 11.8 Å². The Labute approximate surface area is 117 Å². The van der Waals surface area contributed by atoms with Crippen molar-refractivity contribution in [2.24, 2.45) is 11.8 Å². The molecule has 2 aliphatic rings. The Kier molecular flexibility index (Phi) is 5.84. The maximum absolute atomic E-state index is 3.76. The molecule has 1 N–H and O–H groups in total. The van der Waals surface area contributed by atoms with E-state index in [9.17, 15) is 0 Å². The summed E-state index contributed by atoms with van der Waals surface area (Å²) < 4.78 is 0. The van der Waals surface area contributed by atoms with E-state index in [4.69, 9.17) is 0 Å². The van der Waals surface area contributed by atoms with Crippen molar-refractivity contribution < 1.29 is 0 Å². The maximum Gasteiger partial charge on any atom is 0.0218 e. The van der Waals surface area contributed by atoms with Crippen LogP contribution in [0.2, 0.25) is 0 Å². The van der Waals surface area contributed by atoms with Crippen molar-refractivity contribution in [1.29, 1.82) is 0 Å². The van der Waals surface area contributed by atoms with Crippen LogP contribution in [0.25, 0.3) is 0 Å². The lowest BCUT2D eigenvalue weighted by molar-refractivity contribution is 0.104. The molecule has 3 heteroatoms. The summed E-state index contributed by atoms with van der Waals surface area (Å²) in [6, 6.07) is 1.50. The van der Waals surface area contributed by atoms with Crippen molar-refractivity contribution in [3.63, 3.8) is 0 Å². The van der Waals surface area contributed by atoms with E-state index in [0.29, 0.717) is 0 Å². The Bertz CT molecular complexity index is 239. The maximum atomic E-state index is 3.76. The van der Waals surface area contributed by atoms with Crippen LogP contribution in [-0.2, 0) is 0 Å². The zero-order chi connectivity index (χ0) is 13.0. The first-order valence-corrected chi connectivity index (χ1v) is 8.89. The molecule has 3 unspecified atom stereocenters. The van der Waals surface area contributed by atoms with Crippen LogP contribution in [-0.4, -0.2) is 48.1 Å². The molecule has 0 aliphatic carbocycles. The van der Waals surface area contributed by atoms with E-state index in [1.807, 2.05) is 0 Å². The Morgan fingerprint density at radius 2 is 2.22 bits per heavy atom. The summed E-state index contributed by atoms with van der Waals surface area (Å²) >= 11 is 2.15. The van der Waals surface area contributed by atoms with Gasteiger partial charge in [-0.25, -0.2) is 0 Å². The minimum atomic E-state index is 0.724. The molecule has 0 saturated carbocycles. The molecule has 18 heavy (non-hydrogen) atoms. The highest BCUT2D eigenvalue weighted by Crippen LogP contribution is 2.26. The van der Waals surface area contributed by atoms with Gasteiger partial charge in [-0.1, -0.05) is 20.8 Å². The average Bonchev–Trinajstić information content (AvgIpc) is 2.81. The summed E-state index contributed by atoms with van der Waals surface area (Å²) in [6.45, 7) is 10.8. The number of nitrogens with zero attached hydrogens (tertiary/aromatic N) is 1. The summed E-state index contributed by atoms with van der Waals surface area (Å²) in [4.78, 5) is 2.79. The summed E-state index contributed by atoms with van der Waals surface area (Å²) in [6.07, 6.45) is 4.06. The molecule has 2 aliphatic heterocycles. The minimum Gasteiger partial charge on any atom is -0.311 e. The molecule has 0 radical (unpaired) electrons. The van der Waals surface area contributed by atoms with Crippen molar-refractivity contribution in [2.75, 3.05) is 31.1 Å². The molecule has 2 saturated heterocycles. The Morgan fingerprint density at radius 3 is 2.83 bits per heavy atom. The van der Waals surface area contributed by atoms with Crippen molar-refractivity contribution in [2.45, 2.75) is 52.1 Å². The van der Waals surface area contributed by atoms with Gasteiger partial charge in [-0.05, 0) is 42.6 Å². The second kappa shape index (κ2) is 7.16. The fourth-order valence-electron chi connectivity index (χ4n) is 3.34. The van der Waals surface area contributed by atoms with Gasteiger partial charge in [-0.2, -0.15) is 11.8 Å². The first-order chi connectivity index (χ1) is 8.69. The van der Waals surface area contributed by atoms with Crippen LogP contribution < -0.4 is 5.32 Å². The van der Waals surface area contributed by atoms with Crippen molar-refractivity contribution in [1.82, 2.24) is 10.2 Å². The fourth-order valence-corrected chi connectivity index (χ4v) is 4.61. The molecule has 106 valence electrons. The highest BCUT2D eigenvalue weighted by atomic mass is 32.2. The smallest absolute Gasteiger partial charge is 0.0218 e. The summed E-state index contributed by atoms with van der Waals surface area (Å²) in [5, 5.41) is 3.76. The standard InChI is InChI=1S/C15H30N2S/c1-4-15-8-16-14(7-12(2)3)10-17(15)9-13-5-6-18-11-13/h12-16H,4-11H2,1-3H3. The SMILES string of the molecule is CCC1CNC(CC(C)C)CN1CC1CCSC1. The molecule has 0 amide bonds. The third-order valence-corrected chi connectivity index (χ3v) is 5.59. The third kappa shape index (κ3) is 4.14. The molecule has 0 aromatic carbocycles. The minimum absolute atomic E-state index is 0.724. The molecule has 2 nitrogen and oxygen atoms in total. The molecular formula is C15H30N2S. The molecule has 0 aromatic rings. The van der Waals surface area contributed by atoms with Gasteiger partial charge >= 0.3 is 0 Å². The number of nitrogens with one attached hydrogen (secondary N) is 1. The zero-order valence-electron chi connectivity index (χ0n) is 12.3. The molecule has 0 aromatic heterocycles. The quantitative estimate of drug-likeness (QED) is 0.827. The average molecular weight is 270 g/mol. The Balaban J connectivity index is 1.85. The van der Waals surface area contributed by atoms with Crippen LogP contribution in [0.5, 0.6) is 0 Å². The number of rotatable bonds is 5. The topological polar surface area (TPSA) is 15.3 Å². The molecule has 2 fully saturated rings. The number of hydrogen-bond donors (Lipinski definition) is 1. The summed E-state index contributed by atoms with van der Waals surface area (Å²) in [5.41, 5.74) is 0. The van der Waals surface area contributed by atoms with Gasteiger partial charge < -0.3 is 5.32 Å². The van der Waals surface area contributed by atoms with Gasteiger partial charge in [0.2, 0.25) is 0 Å². The van der Waals surface area contributed by atoms with Gasteiger partial charge in [-0.15, -0.1) is 0 Å². The Morgan fingerprint density at radius 1 is 1.39 bits per heavy atom. The lowest BCUT2D eigenvalue weighted by Gasteiger charge is -2.41. The zero-order valence-corrected chi connectivity index (χ0v) is 13.1. The van der Waals surface area contributed by atoms with E-state index in [1.165, 1.54) is 50.4 Å². The van der Waals surface area contributed by atoms with Crippen LogP contribution in [0, 0.1) is 11.8 Å². The van der Waals surface area contributed by atoms with E-state index in [2.05, 4.69) is 42.7 Å². The Hall–Kier alpha value is 0.270. The number of thioether (sulfide) groups is 1. The molecular weight excluding hydrogens is 240 g/mol. The normalized spacial score (nSPS) is 34.3. The van der Waals surface area contributed by atoms with Gasteiger partial charge in [-0.3, -0.25) is 4.90 Å². The highest BCUT2D eigenvalue weighted by molar-refractivity contribution is 7.99. The van der Waals surface area contributed by atoms with Gasteiger partial charge in [0.1, 0.15) is 0 Å². The first kappa shape index (κ1) is 14.7. The van der Waals surface area contributed by atoms with Crippen molar-refractivity contribution >= 4 is 11.8 Å². The largest absolute Gasteiger partial charge is 0.311 e. The summed E-state index contributed by atoms with van der Waals surface area (Å²) in [5.74, 6) is 4.56. The van der Waals surface area contributed by atoms with Crippen LogP contribution in [0.4, 0.5) is 0 Å². The van der Waals surface area contributed by atoms with Crippen molar-refractivity contribution in [3.05, 3.63) is 0 Å². The predicted molar refractivity (Wildman–Crippen MR) is 82.3 cm³/mol. The van der Waals surface area contributed by atoms with E-state index in [-0.39, 0.29) is 0 Å². The molecule has 2 rings (SSSR count). The monoisotopic (exact) mass is 270 g/mol. The molecule has 0 spiro atoms. The number of hydrogen-bond acceptors (Lipinski definition) is 3. The second-order valence-corrected chi connectivity index (χ2v) is 7.63. The molecule has 3 atom stereocenters. The number of piperazine rings is 1. The van der Waals surface area contributed by atoms with Gasteiger partial charge in [0.25, 0.3) is 0 Å². The molecule has 2 heterocycles. The second-order valence-electron chi connectivity index (χ2n) is 6.48. The van der Waals surface area contributed by atoms with E-state index < -0.39 is 0 Å². The fraction of sp³-hybridized carbons (Fsp3) is 1.00. The van der Waals surface area contributed by atoms with Gasteiger partial charge in [0.15, 0.2) is 0 Å². The van der Waals surface area contributed by atoms with Crippen molar-refractivity contribution in [3.8, 4) is 0 Å². The predicted octanol–water partition coefficient (Wildman–Crippen LogP) is 2.84. The van der Waals surface area contributed by atoms with Crippen LogP contribution in [0.15, 0.2) is 0 Å².